The summed E-state index contributed by atoms with van der Waals surface area (Å²) in [5.41, 5.74) is 0.814. The van der Waals surface area contributed by atoms with Gasteiger partial charge in [0.05, 0.1) is 12.2 Å². The van der Waals surface area contributed by atoms with Crippen LogP contribution in [0.5, 0.6) is 0 Å². The van der Waals surface area contributed by atoms with Crippen LogP contribution in [0, 0.1) is 6.92 Å². The fraction of sp³-hybridized carbons (Fsp3) is 0.556. The third-order valence-corrected chi connectivity index (χ3v) is 1.76. The lowest BCUT2D eigenvalue weighted by molar-refractivity contribution is -0.127. The van der Waals surface area contributed by atoms with Gasteiger partial charge in [0.2, 0.25) is 5.91 Å². The van der Waals surface area contributed by atoms with Gasteiger partial charge in [0.25, 0.3) is 0 Å². The van der Waals surface area contributed by atoms with E-state index in [9.17, 15) is 4.79 Å². The van der Waals surface area contributed by atoms with E-state index in [-0.39, 0.29) is 5.91 Å². The second-order valence-electron chi connectivity index (χ2n) is 3.32. The van der Waals surface area contributed by atoms with Gasteiger partial charge in [-0.15, -0.1) is 0 Å². The van der Waals surface area contributed by atoms with Crippen LogP contribution in [-0.4, -0.2) is 36.6 Å². The molecule has 0 atom stereocenters. The van der Waals surface area contributed by atoms with Gasteiger partial charge in [-0.2, -0.15) is 0 Å². The minimum atomic E-state index is 0.0465. The summed E-state index contributed by atoms with van der Waals surface area (Å²) in [6.45, 7) is 2.71. The summed E-state index contributed by atoms with van der Waals surface area (Å²) in [6.07, 6.45) is 0. The Labute approximate surface area is 83.1 Å². The zero-order valence-electron chi connectivity index (χ0n) is 8.70. The number of aromatic nitrogens is 1. The van der Waals surface area contributed by atoms with E-state index in [1.165, 1.54) is 0 Å². The van der Waals surface area contributed by atoms with Gasteiger partial charge in [0, 0.05) is 26.7 Å². The van der Waals surface area contributed by atoms with Gasteiger partial charge in [-0.3, -0.25) is 4.79 Å². The van der Waals surface area contributed by atoms with Crippen LogP contribution in [0.3, 0.4) is 0 Å². The summed E-state index contributed by atoms with van der Waals surface area (Å²) in [7, 11) is 3.45. The zero-order valence-corrected chi connectivity index (χ0v) is 8.70. The standard InChI is InChI=1S/C9H15N3O2/c1-7-4-8(11-14-7)5-10-6-9(13)12(2)3/h4,10H,5-6H2,1-3H3. The van der Waals surface area contributed by atoms with Crippen molar-refractivity contribution in [2.75, 3.05) is 20.6 Å². The van der Waals surface area contributed by atoms with Crippen LogP contribution >= 0.6 is 0 Å². The Hall–Kier alpha value is -1.36. The van der Waals surface area contributed by atoms with E-state index in [0.717, 1.165) is 11.5 Å². The molecule has 1 heterocycles. The molecule has 5 nitrogen and oxygen atoms in total. The number of hydrogen-bond acceptors (Lipinski definition) is 4. The molecular weight excluding hydrogens is 182 g/mol. The van der Waals surface area contributed by atoms with Crippen LogP contribution < -0.4 is 5.32 Å². The highest BCUT2D eigenvalue weighted by atomic mass is 16.5. The van der Waals surface area contributed by atoms with Crippen molar-refractivity contribution < 1.29 is 9.32 Å². The highest BCUT2D eigenvalue weighted by molar-refractivity contribution is 5.77. The number of carbonyl (C=O) groups is 1. The monoisotopic (exact) mass is 197 g/mol. The highest BCUT2D eigenvalue weighted by Gasteiger charge is 2.04. The number of carbonyl (C=O) groups excluding carboxylic acids is 1. The molecule has 0 bridgehead atoms. The molecule has 1 aromatic rings. The quantitative estimate of drug-likeness (QED) is 0.747. The lowest BCUT2D eigenvalue weighted by Crippen LogP contribution is -2.32. The van der Waals surface area contributed by atoms with Crippen molar-refractivity contribution in [2.24, 2.45) is 0 Å². The topological polar surface area (TPSA) is 58.4 Å². The number of likely N-dealkylation sites (N-methyl/N-ethyl adjacent to an activating group) is 1. The minimum Gasteiger partial charge on any atom is -0.361 e. The molecule has 0 radical (unpaired) electrons. The Bertz CT molecular complexity index is 307. The molecule has 5 heteroatoms. The second kappa shape index (κ2) is 4.76. The van der Waals surface area contributed by atoms with Crippen LogP contribution in [-0.2, 0) is 11.3 Å². The van der Waals surface area contributed by atoms with Crippen LogP contribution in [0.25, 0.3) is 0 Å². The molecule has 0 aliphatic carbocycles. The average molecular weight is 197 g/mol. The molecule has 1 amide bonds. The summed E-state index contributed by atoms with van der Waals surface area (Å²) in [5.74, 6) is 0.825. The summed E-state index contributed by atoms with van der Waals surface area (Å²) >= 11 is 0. The molecule has 0 saturated heterocycles. The molecule has 78 valence electrons. The number of nitrogens with zero attached hydrogens (tertiary/aromatic N) is 2. The normalized spacial score (nSPS) is 10.2. The van der Waals surface area contributed by atoms with Crippen molar-refractivity contribution in [2.45, 2.75) is 13.5 Å². The van der Waals surface area contributed by atoms with Gasteiger partial charge >= 0.3 is 0 Å². The fourth-order valence-electron chi connectivity index (χ4n) is 0.957. The van der Waals surface area contributed by atoms with Gasteiger partial charge in [-0.25, -0.2) is 0 Å². The molecule has 14 heavy (non-hydrogen) atoms. The maximum absolute atomic E-state index is 11.2. The first kappa shape index (κ1) is 10.7. The summed E-state index contributed by atoms with van der Waals surface area (Å²) in [4.78, 5) is 12.7. The van der Waals surface area contributed by atoms with Crippen molar-refractivity contribution in [1.82, 2.24) is 15.4 Å². The van der Waals surface area contributed by atoms with E-state index in [0.29, 0.717) is 13.1 Å². The maximum Gasteiger partial charge on any atom is 0.236 e. The van der Waals surface area contributed by atoms with E-state index in [4.69, 9.17) is 4.52 Å². The molecule has 0 fully saturated rings. The van der Waals surface area contributed by atoms with Gasteiger partial charge in [0.15, 0.2) is 0 Å². The SMILES string of the molecule is Cc1cc(CNCC(=O)N(C)C)no1. The summed E-state index contributed by atoms with van der Waals surface area (Å²) in [5, 5.41) is 6.78. The van der Waals surface area contributed by atoms with Crippen molar-refractivity contribution in [3.05, 3.63) is 17.5 Å². The number of rotatable bonds is 4. The smallest absolute Gasteiger partial charge is 0.236 e. The molecule has 0 spiro atoms. The molecule has 0 saturated carbocycles. The predicted molar refractivity (Wildman–Crippen MR) is 51.6 cm³/mol. The van der Waals surface area contributed by atoms with E-state index in [1.54, 1.807) is 19.0 Å². The highest BCUT2D eigenvalue weighted by Crippen LogP contribution is 2.00. The summed E-state index contributed by atoms with van der Waals surface area (Å²) < 4.78 is 4.88. The van der Waals surface area contributed by atoms with E-state index >= 15 is 0 Å². The molecule has 0 aliphatic heterocycles. The zero-order chi connectivity index (χ0) is 10.6. The van der Waals surface area contributed by atoms with Crippen LogP contribution in [0.15, 0.2) is 10.6 Å². The fourth-order valence-corrected chi connectivity index (χ4v) is 0.957. The van der Waals surface area contributed by atoms with E-state index in [1.807, 2.05) is 13.0 Å². The largest absolute Gasteiger partial charge is 0.361 e. The average Bonchev–Trinajstić information content (AvgIpc) is 2.51. The first-order chi connectivity index (χ1) is 6.59. The predicted octanol–water partition coefficient (Wildman–Crippen LogP) is 0.161. The Morgan fingerprint density at radius 3 is 2.86 bits per heavy atom. The van der Waals surface area contributed by atoms with Crippen molar-refractivity contribution in [3.63, 3.8) is 0 Å². The van der Waals surface area contributed by atoms with E-state index in [2.05, 4.69) is 10.5 Å². The Kier molecular flexibility index (Phi) is 3.64. The first-order valence-corrected chi connectivity index (χ1v) is 4.42. The first-order valence-electron chi connectivity index (χ1n) is 4.42. The summed E-state index contributed by atoms with van der Waals surface area (Å²) in [6, 6.07) is 1.84. The van der Waals surface area contributed by atoms with Crippen LogP contribution in [0.4, 0.5) is 0 Å². The third kappa shape index (κ3) is 3.18. The Morgan fingerprint density at radius 1 is 1.64 bits per heavy atom. The van der Waals surface area contributed by atoms with Crippen LogP contribution in [0.2, 0.25) is 0 Å². The Balaban J connectivity index is 2.25. The maximum atomic E-state index is 11.2. The van der Waals surface area contributed by atoms with Gasteiger partial charge < -0.3 is 14.7 Å². The Morgan fingerprint density at radius 2 is 2.36 bits per heavy atom. The lowest BCUT2D eigenvalue weighted by Gasteiger charge is -2.09. The number of nitrogens with one attached hydrogen (secondary N) is 1. The second-order valence-corrected chi connectivity index (χ2v) is 3.32. The molecular formula is C9H15N3O2. The number of amides is 1. The lowest BCUT2D eigenvalue weighted by atomic mass is 10.4. The van der Waals surface area contributed by atoms with Crippen molar-refractivity contribution in [1.29, 1.82) is 0 Å². The molecule has 0 aromatic carbocycles. The van der Waals surface area contributed by atoms with Crippen molar-refractivity contribution in [3.8, 4) is 0 Å². The molecule has 1 rings (SSSR count). The van der Waals surface area contributed by atoms with Gasteiger partial charge in [-0.05, 0) is 6.92 Å². The van der Waals surface area contributed by atoms with Crippen LogP contribution in [0.1, 0.15) is 11.5 Å². The molecule has 0 unspecified atom stereocenters. The third-order valence-electron chi connectivity index (χ3n) is 1.76. The molecule has 1 aromatic heterocycles. The van der Waals surface area contributed by atoms with Crippen molar-refractivity contribution >= 4 is 5.91 Å². The molecule has 0 aliphatic rings. The van der Waals surface area contributed by atoms with E-state index < -0.39 is 0 Å². The van der Waals surface area contributed by atoms with Gasteiger partial charge in [-0.1, -0.05) is 5.16 Å². The molecule has 1 N–H and O–H groups in total. The van der Waals surface area contributed by atoms with Gasteiger partial charge in [0.1, 0.15) is 5.76 Å². The minimum absolute atomic E-state index is 0.0465. The number of aryl methyl sites for hydroxylation is 1. The number of hydrogen-bond donors (Lipinski definition) is 1.